The van der Waals surface area contributed by atoms with Crippen molar-refractivity contribution in [2.75, 3.05) is 0 Å². The smallest absolute Gasteiger partial charge is 0.269 e. The summed E-state index contributed by atoms with van der Waals surface area (Å²) in [5, 5.41) is 20.5. The molecular formula is C12H10ClNO3S. The number of nitro groups is 1. The fourth-order valence-electron chi connectivity index (χ4n) is 1.58. The molecule has 0 amide bonds. The monoisotopic (exact) mass is 283 g/mol. The zero-order chi connectivity index (χ0) is 13.1. The van der Waals surface area contributed by atoms with Gasteiger partial charge in [-0.3, -0.25) is 10.1 Å². The van der Waals surface area contributed by atoms with Gasteiger partial charge in [0.15, 0.2) is 0 Å². The van der Waals surface area contributed by atoms with Crippen molar-refractivity contribution in [3.05, 3.63) is 61.3 Å². The Labute approximate surface area is 113 Å². The van der Waals surface area contributed by atoms with E-state index in [2.05, 4.69) is 0 Å². The van der Waals surface area contributed by atoms with E-state index in [1.165, 1.54) is 23.5 Å². The summed E-state index contributed by atoms with van der Waals surface area (Å²) in [6.45, 7) is 0. The molecule has 0 radical (unpaired) electrons. The Hall–Kier alpha value is -1.43. The number of thiophene rings is 1. The van der Waals surface area contributed by atoms with Crippen molar-refractivity contribution in [3.63, 3.8) is 0 Å². The van der Waals surface area contributed by atoms with E-state index in [0.717, 1.165) is 10.4 Å². The number of nitrogens with zero attached hydrogens (tertiary/aromatic N) is 1. The first-order valence-electron chi connectivity index (χ1n) is 5.23. The topological polar surface area (TPSA) is 63.4 Å². The molecule has 2 aromatic rings. The van der Waals surface area contributed by atoms with Gasteiger partial charge in [-0.05, 0) is 17.7 Å². The van der Waals surface area contributed by atoms with E-state index in [0.29, 0.717) is 10.8 Å². The van der Waals surface area contributed by atoms with Gasteiger partial charge in [-0.25, -0.2) is 0 Å². The van der Waals surface area contributed by atoms with E-state index in [1.54, 1.807) is 24.3 Å². The highest BCUT2D eigenvalue weighted by Crippen LogP contribution is 2.29. The SMILES string of the molecule is O=[N+]([O-])c1ccc(CC(O)c2ccc(Cl)s2)cc1. The lowest BCUT2D eigenvalue weighted by Gasteiger charge is -2.08. The minimum absolute atomic E-state index is 0.0485. The maximum absolute atomic E-state index is 10.5. The van der Waals surface area contributed by atoms with Crippen LogP contribution in [0, 0.1) is 10.1 Å². The molecule has 0 saturated heterocycles. The van der Waals surface area contributed by atoms with Crippen LogP contribution in [-0.4, -0.2) is 10.0 Å². The molecule has 1 aromatic carbocycles. The van der Waals surface area contributed by atoms with Crippen molar-refractivity contribution in [2.24, 2.45) is 0 Å². The number of hydrogen-bond acceptors (Lipinski definition) is 4. The van der Waals surface area contributed by atoms with Gasteiger partial charge in [0.25, 0.3) is 5.69 Å². The van der Waals surface area contributed by atoms with Crippen LogP contribution in [-0.2, 0) is 6.42 Å². The van der Waals surface area contributed by atoms with Gasteiger partial charge >= 0.3 is 0 Å². The summed E-state index contributed by atoms with van der Waals surface area (Å²) in [6, 6.07) is 9.68. The second kappa shape index (κ2) is 5.48. The summed E-state index contributed by atoms with van der Waals surface area (Å²) in [5.74, 6) is 0. The molecule has 1 unspecified atom stereocenters. The normalized spacial score (nSPS) is 12.3. The van der Waals surface area contributed by atoms with Gasteiger partial charge in [0, 0.05) is 23.4 Å². The largest absolute Gasteiger partial charge is 0.387 e. The van der Waals surface area contributed by atoms with Gasteiger partial charge in [-0.1, -0.05) is 23.7 Å². The van der Waals surface area contributed by atoms with E-state index < -0.39 is 11.0 Å². The fraction of sp³-hybridized carbons (Fsp3) is 0.167. The van der Waals surface area contributed by atoms with E-state index >= 15 is 0 Å². The number of aliphatic hydroxyl groups is 1. The highest BCUT2D eigenvalue weighted by Gasteiger charge is 2.12. The molecule has 6 heteroatoms. The molecule has 0 aliphatic heterocycles. The van der Waals surface area contributed by atoms with Gasteiger partial charge in [-0.15, -0.1) is 11.3 Å². The summed E-state index contributed by atoms with van der Waals surface area (Å²) in [4.78, 5) is 10.8. The lowest BCUT2D eigenvalue weighted by molar-refractivity contribution is -0.384. The maximum atomic E-state index is 10.5. The summed E-state index contributed by atoms with van der Waals surface area (Å²) in [7, 11) is 0. The van der Waals surface area contributed by atoms with Crippen molar-refractivity contribution >= 4 is 28.6 Å². The molecule has 1 heterocycles. The zero-order valence-corrected chi connectivity index (χ0v) is 10.8. The van der Waals surface area contributed by atoms with Gasteiger partial charge in [0.1, 0.15) is 0 Å². The van der Waals surface area contributed by atoms with Crippen LogP contribution < -0.4 is 0 Å². The van der Waals surface area contributed by atoms with Crippen LogP contribution in [0.4, 0.5) is 5.69 Å². The molecule has 94 valence electrons. The van der Waals surface area contributed by atoms with E-state index in [9.17, 15) is 15.2 Å². The van der Waals surface area contributed by atoms with Crippen molar-refractivity contribution in [1.82, 2.24) is 0 Å². The van der Waals surface area contributed by atoms with Crippen molar-refractivity contribution < 1.29 is 10.0 Å². The summed E-state index contributed by atoms with van der Waals surface area (Å²) in [6.07, 6.45) is -0.224. The molecule has 4 nitrogen and oxygen atoms in total. The first kappa shape index (κ1) is 13.0. The number of non-ortho nitro benzene ring substituents is 1. The first-order chi connectivity index (χ1) is 8.56. The molecule has 0 aliphatic carbocycles. The highest BCUT2D eigenvalue weighted by atomic mass is 35.5. The van der Waals surface area contributed by atoms with Crippen LogP contribution in [0.25, 0.3) is 0 Å². The third kappa shape index (κ3) is 3.07. The second-order valence-electron chi connectivity index (χ2n) is 3.79. The predicted molar refractivity (Wildman–Crippen MR) is 71.1 cm³/mol. The Morgan fingerprint density at radius 2 is 1.94 bits per heavy atom. The second-order valence-corrected chi connectivity index (χ2v) is 5.53. The van der Waals surface area contributed by atoms with Gasteiger partial charge < -0.3 is 5.11 Å². The molecular weight excluding hydrogens is 274 g/mol. The quantitative estimate of drug-likeness (QED) is 0.689. The Morgan fingerprint density at radius 1 is 1.28 bits per heavy atom. The lowest BCUT2D eigenvalue weighted by atomic mass is 10.1. The minimum Gasteiger partial charge on any atom is -0.387 e. The molecule has 0 bridgehead atoms. The molecule has 2 rings (SSSR count). The average molecular weight is 284 g/mol. The average Bonchev–Trinajstić information content (AvgIpc) is 2.76. The van der Waals surface area contributed by atoms with Crippen LogP contribution in [0.15, 0.2) is 36.4 Å². The Morgan fingerprint density at radius 3 is 2.44 bits per heavy atom. The number of nitro benzene ring substituents is 1. The maximum Gasteiger partial charge on any atom is 0.269 e. The number of benzene rings is 1. The molecule has 0 saturated carbocycles. The predicted octanol–water partition coefficient (Wildman–Crippen LogP) is 3.59. The van der Waals surface area contributed by atoms with Gasteiger partial charge in [0.2, 0.25) is 0 Å². The summed E-state index contributed by atoms with van der Waals surface area (Å²) < 4.78 is 0.632. The Balaban J connectivity index is 2.07. The third-order valence-electron chi connectivity index (χ3n) is 2.50. The number of rotatable bonds is 4. The van der Waals surface area contributed by atoms with Crippen LogP contribution >= 0.6 is 22.9 Å². The third-order valence-corrected chi connectivity index (χ3v) is 3.83. The van der Waals surface area contributed by atoms with Crippen molar-refractivity contribution in [2.45, 2.75) is 12.5 Å². The highest BCUT2D eigenvalue weighted by molar-refractivity contribution is 7.16. The molecule has 0 spiro atoms. The number of hydrogen-bond donors (Lipinski definition) is 1. The summed E-state index contributed by atoms with van der Waals surface area (Å²) >= 11 is 7.13. The van der Waals surface area contributed by atoms with Gasteiger partial charge in [-0.2, -0.15) is 0 Å². The molecule has 0 aliphatic rings. The van der Waals surface area contributed by atoms with E-state index in [1.807, 2.05) is 0 Å². The summed E-state index contributed by atoms with van der Waals surface area (Å²) in [5.41, 5.74) is 0.894. The first-order valence-corrected chi connectivity index (χ1v) is 6.42. The van der Waals surface area contributed by atoms with Crippen molar-refractivity contribution in [1.29, 1.82) is 0 Å². The molecule has 18 heavy (non-hydrogen) atoms. The molecule has 1 atom stereocenters. The molecule has 1 aromatic heterocycles. The van der Waals surface area contributed by atoms with Crippen LogP contribution in [0.1, 0.15) is 16.5 Å². The van der Waals surface area contributed by atoms with E-state index in [-0.39, 0.29) is 5.69 Å². The fourth-order valence-corrected chi connectivity index (χ4v) is 2.63. The number of halogens is 1. The van der Waals surface area contributed by atoms with Crippen LogP contribution in [0.3, 0.4) is 0 Å². The lowest BCUT2D eigenvalue weighted by Crippen LogP contribution is -1.99. The van der Waals surface area contributed by atoms with E-state index in [4.69, 9.17) is 11.6 Å². The Kier molecular flexibility index (Phi) is 3.96. The standard InChI is InChI=1S/C12H10ClNO3S/c13-12-6-5-11(18-12)10(15)7-8-1-3-9(4-2-8)14(16)17/h1-6,10,15H,7H2. The minimum atomic E-state index is -0.635. The number of aliphatic hydroxyl groups excluding tert-OH is 1. The zero-order valence-electron chi connectivity index (χ0n) is 9.25. The Bertz CT molecular complexity index is 553. The van der Waals surface area contributed by atoms with Crippen molar-refractivity contribution in [3.8, 4) is 0 Å². The molecule has 0 fully saturated rings. The van der Waals surface area contributed by atoms with Crippen LogP contribution in [0.2, 0.25) is 4.34 Å². The van der Waals surface area contributed by atoms with Crippen LogP contribution in [0.5, 0.6) is 0 Å². The molecule has 1 N–H and O–H groups in total. The van der Waals surface area contributed by atoms with Gasteiger partial charge in [0.05, 0.1) is 15.4 Å².